The third kappa shape index (κ3) is 1.50. The quantitative estimate of drug-likeness (QED) is 0.503. The monoisotopic (exact) mass is 150 g/mol. The fourth-order valence-electron chi connectivity index (χ4n) is 2.04. The van der Waals surface area contributed by atoms with Gasteiger partial charge in [0.15, 0.2) is 0 Å². The summed E-state index contributed by atoms with van der Waals surface area (Å²) < 4.78 is 0. The fraction of sp³-hybridized carbons (Fsp3) is 0.818. The van der Waals surface area contributed by atoms with Crippen LogP contribution in [0, 0.1) is 17.8 Å². The van der Waals surface area contributed by atoms with Crippen LogP contribution in [0.5, 0.6) is 0 Å². The topological polar surface area (TPSA) is 0 Å². The Balaban J connectivity index is 2.05. The molecular formula is C11H18. The molecule has 1 unspecified atom stereocenters. The van der Waals surface area contributed by atoms with E-state index in [0.717, 1.165) is 17.8 Å². The van der Waals surface area contributed by atoms with Crippen molar-refractivity contribution in [3.05, 3.63) is 11.6 Å². The predicted molar refractivity (Wildman–Crippen MR) is 48.4 cm³/mol. The van der Waals surface area contributed by atoms with E-state index in [9.17, 15) is 0 Å². The van der Waals surface area contributed by atoms with E-state index >= 15 is 0 Å². The van der Waals surface area contributed by atoms with E-state index in [2.05, 4.69) is 19.9 Å². The summed E-state index contributed by atoms with van der Waals surface area (Å²) in [5, 5.41) is 0. The molecule has 2 atom stereocenters. The zero-order valence-corrected chi connectivity index (χ0v) is 7.64. The lowest BCUT2D eigenvalue weighted by molar-refractivity contribution is 0.398. The minimum Gasteiger partial charge on any atom is -0.0819 e. The van der Waals surface area contributed by atoms with Crippen molar-refractivity contribution in [1.82, 2.24) is 0 Å². The van der Waals surface area contributed by atoms with Gasteiger partial charge in [0.1, 0.15) is 0 Å². The maximum Gasteiger partial charge on any atom is -0.0203 e. The van der Waals surface area contributed by atoms with Crippen molar-refractivity contribution in [2.75, 3.05) is 0 Å². The lowest BCUT2D eigenvalue weighted by atomic mass is 9.82. The highest BCUT2D eigenvalue weighted by molar-refractivity contribution is 5.16. The second-order valence-electron chi connectivity index (χ2n) is 4.39. The Morgan fingerprint density at radius 2 is 1.91 bits per heavy atom. The van der Waals surface area contributed by atoms with Gasteiger partial charge in [-0.2, -0.15) is 0 Å². The van der Waals surface area contributed by atoms with Gasteiger partial charge < -0.3 is 0 Å². The average Bonchev–Trinajstić information content (AvgIpc) is 2.77. The van der Waals surface area contributed by atoms with Gasteiger partial charge in [0.05, 0.1) is 0 Å². The zero-order chi connectivity index (χ0) is 7.84. The first kappa shape index (κ1) is 7.39. The molecule has 0 aromatic rings. The van der Waals surface area contributed by atoms with Crippen LogP contribution in [0.2, 0.25) is 0 Å². The molecule has 1 saturated carbocycles. The van der Waals surface area contributed by atoms with Crippen LogP contribution in [0.1, 0.15) is 39.5 Å². The molecule has 1 fully saturated rings. The lowest BCUT2D eigenvalue weighted by Gasteiger charge is -2.24. The molecule has 62 valence electrons. The molecule has 0 amide bonds. The van der Waals surface area contributed by atoms with Crippen LogP contribution in [0.4, 0.5) is 0 Å². The molecule has 2 aliphatic rings. The van der Waals surface area contributed by atoms with Crippen LogP contribution in [-0.4, -0.2) is 0 Å². The Labute approximate surface area is 69.7 Å². The Kier molecular flexibility index (Phi) is 1.78. The summed E-state index contributed by atoms with van der Waals surface area (Å²) in [6.45, 7) is 4.75. The van der Waals surface area contributed by atoms with Crippen LogP contribution in [0.15, 0.2) is 11.6 Å². The molecule has 0 saturated heterocycles. The van der Waals surface area contributed by atoms with Gasteiger partial charge in [-0.3, -0.25) is 0 Å². The van der Waals surface area contributed by atoms with Gasteiger partial charge in [0, 0.05) is 0 Å². The van der Waals surface area contributed by atoms with E-state index in [4.69, 9.17) is 0 Å². The van der Waals surface area contributed by atoms with Gasteiger partial charge in [-0.25, -0.2) is 0 Å². The van der Waals surface area contributed by atoms with Crippen molar-refractivity contribution in [2.24, 2.45) is 17.8 Å². The third-order valence-corrected chi connectivity index (χ3v) is 3.36. The second-order valence-corrected chi connectivity index (χ2v) is 4.39. The van der Waals surface area contributed by atoms with E-state index in [1.165, 1.54) is 25.7 Å². The molecule has 2 rings (SSSR count). The minimum atomic E-state index is 0.847. The molecule has 0 spiro atoms. The summed E-state index contributed by atoms with van der Waals surface area (Å²) in [5.41, 5.74) is 1.79. The number of allylic oxidation sites excluding steroid dienone is 2. The summed E-state index contributed by atoms with van der Waals surface area (Å²) in [5.74, 6) is 2.79. The van der Waals surface area contributed by atoms with E-state index in [0.29, 0.717) is 0 Å². The number of hydrogen-bond donors (Lipinski definition) is 0. The SMILES string of the molecule is CC1CCC(C2CC2)=C[C@H]1C. The maximum atomic E-state index is 2.55. The molecule has 0 aromatic carbocycles. The van der Waals surface area contributed by atoms with E-state index in [1.54, 1.807) is 5.57 Å². The molecule has 0 aliphatic heterocycles. The van der Waals surface area contributed by atoms with Crippen molar-refractivity contribution in [3.63, 3.8) is 0 Å². The van der Waals surface area contributed by atoms with Crippen LogP contribution in [0.25, 0.3) is 0 Å². The van der Waals surface area contributed by atoms with Gasteiger partial charge in [-0.05, 0) is 43.4 Å². The smallest absolute Gasteiger partial charge is 0.0203 e. The highest BCUT2D eigenvalue weighted by Crippen LogP contribution is 2.42. The molecule has 11 heavy (non-hydrogen) atoms. The van der Waals surface area contributed by atoms with Crippen LogP contribution < -0.4 is 0 Å². The molecule has 0 heteroatoms. The Morgan fingerprint density at radius 3 is 2.45 bits per heavy atom. The van der Waals surface area contributed by atoms with Crippen molar-refractivity contribution in [1.29, 1.82) is 0 Å². The largest absolute Gasteiger partial charge is 0.0819 e. The fourth-order valence-corrected chi connectivity index (χ4v) is 2.04. The molecule has 2 aliphatic carbocycles. The Hall–Kier alpha value is -0.260. The van der Waals surface area contributed by atoms with Gasteiger partial charge in [0.25, 0.3) is 0 Å². The minimum absolute atomic E-state index is 0.847. The van der Waals surface area contributed by atoms with Crippen molar-refractivity contribution in [2.45, 2.75) is 39.5 Å². The van der Waals surface area contributed by atoms with Gasteiger partial charge in [-0.1, -0.05) is 25.5 Å². The maximum absolute atomic E-state index is 2.55. The summed E-state index contributed by atoms with van der Waals surface area (Å²) in [4.78, 5) is 0. The average molecular weight is 150 g/mol. The molecule has 0 bridgehead atoms. The summed E-state index contributed by atoms with van der Waals surface area (Å²) in [6, 6.07) is 0. The van der Waals surface area contributed by atoms with E-state index in [-0.39, 0.29) is 0 Å². The summed E-state index contributed by atoms with van der Waals surface area (Å²) >= 11 is 0. The van der Waals surface area contributed by atoms with E-state index < -0.39 is 0 Å². The number of rotatable bonds is 1. The molecule has 0 heterocycles. The zero-order valence-electron chi connectivity index (χ0n) is 7.64. The Bertz CT molecular complexity index is 174. The second kappa shape index (κ2) is 2.66. The van der Waals surface area contributed by atoms with Crippen LogP contribution >= 0.6 is 0 Å². The normalized spacial score (nSPS) is 38.5. The summed E-state index contributed by atoms with van der Waals surface area (Å²) in [6.07, 6.45) is 8.34. The highest BCUT2D eigenvalue weighted by atomic mass is 14.3. The molecule has 0 aromatic heterocycles. The first-order valence-electron chi connectivity index (χ1n) is 4.98. The standard InChI is InChI=1S/C11H18/c1-8-3-4-11(7-9(8)2)10-5-6-10/h7-10H,3-6H2,1-2H3/t8?,9-/m1/s1. The van der Waals surface area contributed by atoms with E-state index in [1.807, 2.05) is 0 Å². The third-order valence-electron chi connectivity index (χ3n) is 3.36. The Morgan fingerprint density at radius 1 is 1.18 bits per heavy atom. The predicted octanol–water partition coefficient (Wildman–Crippen LogP) is 3.39. The molecular weight excluding hydrogens is 132 g/mol. The van der Waals surface area contributed by atoms with Crippen molar-refractivity contribution in [3.8, 4) is 0 Å². The first-order valence-corrected chi connectivity index (χ1v) is 4.98. The van der Waals surface area contributed by atoms with Crippen LogP contribution in [0.3, 0.4) is 0 Å². The highest BCUT2D eigenvalue weighted by Gasteiger charge is 2.29. The van der Waals surface area contributed by atoms with Gasteiger partial charge in [0.2, 0.25) is 0 Å². The van der Waals surface area contributed by atoms with Crippen LogP contribution in [-0.2, 0) is 0 Å². The van der Waals surface area contributed by atoms with Gasteiger partial charge in [-0.15, -0.1) is 0 Å². The van der Waals surface area contributed by atoms with Gasteiger partial charge >= 0.3 is 0 Å². The lowest BCUT2D eigenvalue weighted by Crippen LogP contribution is -2.12. The summed E-state index contributed by atoms with van der Waals surface area (Å²) in [7, 11) is 0. The molecule has 0 N–H and O–H groups in total. The van der Waals surface area contributed by atoms with Crippen molar-refractivity contribution >= 4 is 0 Å². The number of hydrogen-bond acceptors (Lipinski definition) is 0. The first-order chi connectivity index (χ1) is 5.27. The molecule has 0 radical (unpaired) electrons. The van der Waals surface area contributed by atoms with Crippen molar-refractivity contribution < 1.29 is 0 Å². The molecule has 0 nitrogen and oxygen atoms in total.